The highest BCUT2D eigenvalue weighted by Crippen LogP contribution is 2.18. The van der Waals surface area contributed by atoms with Gasteiger partial charge in [-0.1, -0.05) is 48.0 Å². The summed E-state index contributed by atoms with van der Waals surface area (Å²) >= 11 is 0. The van der Waals surface area contributed by atoms with Crippen molar-refractivity contribution in [2.75, 3.05) is 37.7 Å². The molecule has 34 heavy (non-hydrogen) atoms. The number of rotatable bonds is 6. The van der Waals surface area contributed by atoms with Crippen molar-refractivity contribution in [3.63, 3.8) is 0 Å². The van der Waals surface area contributed by atoms with Gasteiger partial charge in [-0.3, -0.25) is 9.59 Å². The van der Waals surface area contributed by atoms with Crippen LogP contribution >= 0.6 is 0 Å². The van der Waals surface area contributed by atoms with Crippen molar-refractivity contribution >= 4 is 23.3 Å². The Bertz CT molecular complexity index is 1180. The minimum atomic E-state index is -0.714. The number of nitrogens with zero attached hydrogens (tertiary/aromatic N) is 2. The number of ether oxygens (including phenoxy) is 1. The van der Waals surface area contributed by atoms with E-state index >= 15 is 0 Å². The van der Waals surface area contributed by atoms with Gasteiger partial charge in [-0.15, -0.1) is 0 Å². The maximum atomic E-state index is 13.1. The van der Waals surface area contributed by atoms with Gasteiger partial charge >= 0.3 is 5.97 Å². The molecule has 6 nitrogen and oxygen atoms in total. The second-order valence-corrected chi connectivity index (χ2v) is 8.16. The topological polar surface area (TPSA) is 66.9 Å². The van der Waals surface area contributed by atoms with Crippen LogP contribution < -0.4 is 4.90 Å². The summed E-state index contributed by atoms with van der Waals surface area (Å²) in [6.07, 6.45) is 0. The first-order valence-electron chi connectivity index (χ1n) is 11.1. The zero-order valence-electron chi connectivity index (χ0n) is 18.9. The average Bonchev–Trinajstić information content (AvgIpc) is 2.87. The molecule has 1 fully saturated rings. The van der Waals surface area contributed by atoms with Crippen molar-refractivity contribution in [2.24, 2.45) is 0 Å². The van der Waals surface area contributed by atoms with E-state index in [4.69, 9.17) is 4.74 Å². The third kappa shape index (κ3) is 5.31. The lowest BCUT2D eigenvalue weighted by atomic mass is 9.98. The van der Waals surface area contributed by atoms with Gasteiger partial charge < -0.3 is 14.5 Å². The van der Waals surface area contributed by atoms with Gasteiger partial charge in [-0.25, -0.2) is 9.18 Å². The van der Waals surface area contributed by atoms with Crippen LogP contribution in [-0.2, 0) is 9.53 Å². The van der Waals surface area contributed by atoms with Gasteiger partial charge in [0.15, 0.2) is 12.4 Å². The van der Waals surface area contributed by atoms with Gasteiger partial charge in [0.05, 0.1) is 5.56 Å². The highest BCUT2D eigenvalue weighted by Gasteiger charge is 2.24. The molecule has 0 N–H and O–H groups in total. The first-order chi connectivity index (χ1) is 16.4. The predicted molar refractivity (Wildman–Crippen MR) is 127 cm³/mol. The Labute approximate surface area is 197 Å². The van der Waals surface area contributed by atoms with Crippen molar-refractivity contribution in [3.8, 4) is 0 Å². The molecule has 7 heteroatoms. The number of amides is 1. The zero-order valence-corrected chi connectivity index (χ0v) is 18.9. The number of hydrogen-bond acceptors (Lipinski definition) is 5. The van der Waals surface area contributed by atoms with Crippen LogP contribution in [0, 0.1) is 12.7 Å². The molecule has 0 spiro atoms. The number of hydrogen-bond donors (Lipinski definition) is 0. The minimum Gasteiger partial charge on any atom is -0.452 e. The quantitative estimate of drug-likeness (QED) is 0.413. The first-order valence-corrected chi connectivity index (χ1v) is 11.1. The number of benzene rings is 3. The number of ketones is 1. The Morgan fingerprint density at radius 1 is 0.824 bits per heavy atom. The molecule has 3 aromatic rings. The fourth-order valence-corrected chi connectivity index (χ4v) is 3.88. The molecule has 3 aromatic carbocycles. The third-order valence-corrected chi connectivity index (χ3v) is 5.86. The van der Waals surface area contributed by atoms with Crippen LogP contribution in [0.3, 0.4) is 0 Å². The highest BCUT2D eigenvalue weighted by molar-refractivity contribution is 6.14. The van der Waals surface area contributed by atoms with Gasteiger partial charge in [-0.2, -0.15) is 0 Å². The molecule has 0 aromatic heterocycles. The summed E-state index contributed by atoms with van der Waals surface area (Å²) in [5, 5.41) is 0. The molecule has 0 atom stereocenters. The van der Waals surface area contributed by atoms with Crippen molar-refractivity contribution in [1.29, 1.82) is 0 Å². The number of piperazine rings is 1. The molecule has 174 valence electrons. The van der Waals surface area contributed by atoms with Gasteiger partial charge in [0.2, 0.25) is 0 Å². The van der Waals surface area contributed by atoms with E-state index in [2.05, 4.69) is 4.90 Å². The van der Waals surface area contributed by atoms with Crippen LogP contribution in [0.4, 0.5) is 10.1 Å². The fourth-order valence-electron chi connectivity index (χ4n) is 3.88. The van der Waals surface area contributed by atoms with Crippen LogP contribution in [0.2, 0.25) is 0 Å². The van der Waals surface area contributed by atoms with Gasteiger partial charge in [-0.05, 0) is 37.3 Å². The van der Waals surface area contributed by atoms with E-state index in [9.17, 15) is 18.8 Å². The molecular weight excluding hydrogens is 435 g/mol. The summed E-state index contributed by atoms with van der Waals surface area (Å²) in [6, 6.07) is 19.8. The first kappa shape index (κ1) is 23.2. The normalized spacial score (nSPS) is 13.5. The SMILES string of the molecule is Cc1ccc(C(=O)c2ccccc2C(=O)OCC(=O)N2CCN(c3ccc(F)cc3)CC2)cc1. The zero-order chi connectivity index (χ0) is 24.1. The van der Waals surface area contributed by atoms with E-state index in [1.54, 1.807) is 47.4 Å². The molecule has 0 aliphatic carbocycles. The van der Waals surface area contributed by atoms with Crippen molar-refractivity contribution < 1.29 is 23.5 Å². The van der Waals surface area contributed by atoms with Crippen molar-refractivity contribution in [3.05, 3.63) is 101 Å². The predicted octanol–water partition coefficient (Wildman–Crippen LogP) is 3.87. The molecule has 0 radical (unpaired) electrons. The maximum Gasteiger partial charge on any atom is 0.339 e. The standard InChI is InChI=1S/C27H25FN2O4/c1-19-6-8-20(9-7-19)26(32)23-4-2-3-5-24(23)27(33)34-18-25(31)30-16-14-29(15-17-30)22-12-10-21(28)11-13-22/h2-13H,14-18H2,1H3. The van der Waals surface area contributed by atoms with Crippen molar-refractivity contribution in [1.82, 2.24) is 4.90 Å². The smallest absolute Gasteiger partial charge is 0.339 e. The Balaban J connectivity index is 1.34. The van der Waals surface area contributed by atoms with E-state index < -0.39 is 12.6 Å². The van der Waals surface area contributed by atoms with E-state index in [1.807, 2.05) is 19.1 Å². The molecular formula is C27H25FN2O4. The average molecular weight is 461 g/mol. The van der Waals surface area contributed by atoms with Crippen LogP contribution in [-0.4, -0.2) is 55.3 Å². The number of carbonyl (C=O) groups excluding carboxylic acids is 3. The lowest BCUT2D eigenvalue weighted by molar-refractivity contribution is -0.134. The Kier molecular flexibility index (Phi) is 7.01. The van der Waals surface area contributed by atoms with E-state index in [1.165, 1.54) is 18.2 Å². The molecule has 1 amide bonds. The number of anilines is 1. The Morgan fingerprint density at radius 2 is 1.44 bits per heavy atom. The molecule has 1 saturated heterocycles. The number of halogens is 1. The highest BCUT2D eigenvalue weighted by atomic mass is 19.1. The number of aryl methyl sites for hydroxylation is 1. The Morgan fingerprint density at radius 3 is 2.09 bits per heavy atom. The molecule has 1 aliphatic rings. The number of esters is 1. The maximum absolute atomic E-state index is 13.1. The Hall–Kier alpha value is -4.00. The lowest BCUT2D eigenvalue weighted by Gasteiger charge is -2.36. The van der Waals surface area contributed by atoms with Crippen LogP contribution in [0.15, 0.2) is 72.8 Å². The van der Waals surface area contributed by atoms with E-state index in [0.717, 1.165) is 11.3 Å². The van der Waals surface area contributed by atoms with E-state index in [-0.39, 0.29) is 28.6 Å². The van der Waals surface area contributed by atoms with Gasteiger partial charge in [0.25, 0.3) is 5.91 Å². The van der Waals surface area contributed by atoms with Gasteiger partial charge in [0, 0.05) is 43.0 Å². The summed E-state index contributed by atoms with van der Waals surface area (Å²) in [7, 11) is 0. The van der Waals surface area contributed by atoms with E-state index in [0.29, 0.717) is 31.7 Å². The third-order valence-electron chi connectivity index (χ3n) is 5.86. The van der Waals surface area contributed by atoms with Crippen molar-refractivity contribution in [2.45, 2.75) is 6.92 Å². The molecule has 0 unspecified atom stereocenters. The van der Waals surface area contributed by atoms with Crippen LogP contribution in [0.1, 0.15) is 31.8 Å². The monoisotopic (exact) mass is 460 g/mol. The number of carbonyl (C=O) groups is 3. The largest absolute Gasteiger partial charge is 0.452 e. The van der Waals surface area contributed by atoms with Crippen LogP contribution in [0.5, 0.6) is 0 Å². The molecule has 0 saturated carbocycles. The fraction of sp³-hybridized carbons (Fsp3) is 0.222. The summed E-state index contributed by atoms with van der Waals surface area (Å²) < 4.78 is 18.4. The lowest BCUT2D eigenvalue weighted by Crippen LogP contribution is -2.49. The summed E-state index contributed by atoms with van der Waals surface area (Å²) in [5.41, 5.74) is 2.76. The second kappa shape index (κ2) is 10.3. The molecule has 4 rings (SSSR count). The summed E-state index contributed by atoms with van der Waals surface area (Å²) in [4.78, 5) is 42.0. The van der Waals surface area contributed by atoms with Gasteiger partial charge in [0.1, 0.15) is 5.82 Å². The molecule has 1 aliphatic heterocycles. The molecule has 0 bridgehead atoms. The second-order valence-electron chi connectivity index (χ2n) is 8.16. The van der Waals surface area contributed by atoms with Crippen LogP contribution in [0.25, 0.3) is 0 Å². The molecule has 1 heterocycles. The minimum absolute atomic E-state index is 0.127. The summed E-state index contributed by atoms with van der Waals surface area (Å²) in [5.74, 6) is -1.58. The summed E-state index contributed by atoms with van der Waals surface area (Å²) in [6.45, 7) is 3.66.